The second-order valence-corrected chi connectivity index (χ2v) is 5.98. The molecule has 0 fully saturated rings. The van der Waals surface area contributed by atoms with Gasteiger partial charge in [0.2, 0.25) is 0 Å². The van der Waals surface area contributed by atoms with Crippen LogP contribution in [0.25, 0.3) is 0 Å². The summed E-state index contributed by atoms with van der Waals surface area (Å²) in [6, 6.07) is 13.0. The van der Waals surface area contributed by atoms with E-state index >= 15 is 0 Å². The Balaban J connectivity index is 1.84. The molecular weight excluding hydrogens is 284 g/mol. The molecule has 0 atom stereocenters. The molecule has 21 heavy (non-hydrogen) atoms. The summed E-state index contributed by atoms with van der Waals surface area (Å²) >= 11 is 1.76. The van der Waals surface area contributed by atoms with Crippen molar-refractivity contribution in [2.75, 3.05) is 19.0 Å². The average molecular weight is 300 g/mol. The Kier molecular flexibility index (Phi) is 4.15. The van der Waals surface area contributed by atoms with Crippen LogP contribution in [0.1, 0.15) is 22.8 Å². The number of benzene rings is 2. The number of hydrogen-bond donors (Lipinski definition) is 0. The average Bonchev–Trinajstić information content (AvgIpc) is 2.55. The van der Waals surface area contributed by atoms with Crippen LogP contribution in [0.15, 0.2) is 47.4 Å². The van der Waals surface area contributed by atoms with E-state index in [0.717, 1.165) is 5.75 Å². The van der Waals surface area contributed by atoms with Crippen LogP contribution in [-0.2, 0) is 0 Å². The third kappa shape index (κ3) is 3.05. The van der Waals surface area contributed by atoms with Gasteiger partial charge in [-0.1, -0.05) is 6.92 Å². The summed E-state index contributed by atoms with van der Waals surface area (Å²) in [5, 5.41) is 0. The fourth-order valence-electron chi connectivity index (χ4n) is 2.22. The van der Waals surface area contributed by atoms with E-state index < -0.39 is 0 Å². The first kappa shape index (κ1) is 14.0. The fraction of sp³-hybridized carbons (Fsp3) is 0.235. The molecule has 2 aromatic rings. The molecule has 0 spiro atoms. The number of carbonyl (C=O) groups excluding carboxylic acids is 1. The van der Waals surface area contributed by atoms with Gasteiger partial charge in [0.1, 0.15) is 13.2 Å². The zero-order chi connectivity index (χ0) is 14.7. The highest BCUT2D eigenvalue weighted by Crippen LogP contribution is 2.31. The van der Waals surface area contributed by atoms with Crippen molar-refractivity contribution in [3.63, 3.8) is 0 Å². The Morgan fingerprint density at radius 2 is 1.67 bits per heavy atom. The van der Waals surface area contributed by atoms with Gasteiger partial charge in [-0.25, -0.2) is 0 Å². The number of ether oxygens (including phenoxy) is 2. The van der Waals surface area contributed by atoms with Crippen molar-refractivity contribution in [2.45, 2.75) is 11.8 Å². The molecule has 0 radical (unpaired) electrons. The van der Waals surface area contributed by atoms with E-state index in [2.05, 4.69) is 6.92 Å². The van der Waals surface area contributed by atoms with Crippen LogP contribution in [0, 0.1) is 0 Å². The summed E-state index contributed by atoms with van der Waals surface area (Å²) < 4.78 is 11.0. The first-order valence-corrected chi connectivity index (χ1v) is 7.93. The molecule has 1 aliphatic heterocycles. The number of fused-ring (bicyclic) bond motifs is 1. The quantitative estimate of drug-likeness (QED) is 0.635. The van der Waals surface area contributed by atoms with Gasteiger partial charge in [0.05, 0.1) is 0 Å². The molecule has 0 amide bonds. The number of thioether (sulfide) groups is 1. The lowest BCUT2D eigenvalue weighted by atomic mass is 10.0. The SMILES string of the molecule is CCSc1ccc(C(=O)c2ccc3c(c2)OCCO3)cc1. The summed E-state index contributed by atoms with van der Waals surface area (Å²) in [6.07, 6.45) is 0. The van der Waals surface area contributed by atoms with E-state index in [4.69, 9.17) is 9.47 Å². The van der Waals surface area contributed by atoms with Crippen LogP contribution in [-0.4, -0.2) is 24.7 Å². The molecule has 0 aliphatic carbocycles. The van der Waals surface area contributed by atoms with E-state index in [1.54, 1.807) is 30.0 Å². The molecule has 2 aromatic carbocycles. The van der Waals surface area contributed by atoms with Crippen LogP contribution in [0.2, 0.25) is 0 Å². The third-order valence-corrected chi connectivity index (χ3v) is 4.13. The summed E-state index contributed by atoms with van der Waals surface area (Å²) in [5.74, 6) is 2.37. The first-order chi connectivity index (χ1) is 10.3. The number of carbonyl (C=O) groups is 1. The minimum Gasteiger partial charge on any atom is -0.486 e. The lowest BCUT2D eigenvalue weighted by Gasteiger charge is -2.18. The van der Waals surface area contributed by atoms with Crippen molar-refractivity contribution in [1.29, 1.82) is 0 Å². The second kappa shape index (κ2) is 6.22. The van der Waals surface area contributed by atoms with Gasteiger partial charge in [0.25, 0.3) is 0 Å². The first-order valence-electron chi connectivity index (χ1n) is 6.95. The van der Waals surface area contributed by atoms with Crippen LogP contribution >= 0.6 is 11.8 Å². The summed E-state index contributed by atoms with van der Waals surface area (Å²) in [5.41, 5.74) is 1.31. The molecule has 0 unspecified atom stereocenters. The standard InChI is InChI=1S/C17H16O3S/c1-2-21-14-6-3-12(4-7-14)17(18)13-5-8-15-16(11-13)20-10-9-19-15/h3-8,11H,2,9-10H2,1H3. The predicted octanol–water partition coefficient (Wildman–Crippen LogP) is 3.80. The molecule has 4 heteroatoms. The number of ketones is 1. The second-order valence-electron chi connectivity index (χ2n) is 4.64. The Morgan fingerprint density at radius 1 is 1.00 bits per heavy atom. The summed E-state index contributed by atoms with van der Waals surface area (Å²) in [6.45, 7) is 3.18. The molecule has 3 nitrogen and oxygen atoms in total. The normalized spacial score (nSPS) is 13.0. The largest absolute Gasteiger partial charge is 0.486 e. The molecule has 0 N–H and O–H groups in total. The van der Waals surface area contributed by atoms with Gasteiger partial charge in [0, 0.05) is 16.0 Å². The van der Waals surface area contributed by atoms with Gasteiger partial charge >= 0.3 is 0 Å². The topological polar surface area (TPSA) is 35.5 Å². The van der Waals surface area contributed by atoms with Crippen LogP contribution in [0.3, 0.4) is 0 Å². The third-order valence-electron chi connectivity index (χ3n) is 3.23. The van der Waals surface area contributed by atoms with Gasteiger partial charge in [-0.15, -0.1) is 11.8 Å². The minimum atomic E-state index is 0.0000203. The van der Waals surface area contributed by atoms with Gasteiger partial charge in [0.15, 0.2) is 17.3 Å². The molecule has 0 saturated heterocycles. The van der Waals surface area contributed by atoms with Crippen molar-refractivity contribution >= 4 is 17.5 Å². The predicted molar refractivity (Wildman–Crippen MR) is 83.7 cm³/mol. The zero-order valence-electron chi connectivity index (χ0n) is 11.8. The lowest BCUT2D eigenvalue weighted by Crippen LogP contribution is -2.15. The highest BCUT2D eigenvalue weighted by molar-refractivity contribution is 7.99. The smallest absolute Gasteiger partial charge is 0.193 e. The lowest BCUT2D eigenvalue weighted by molar-refractivity contribution is 0.103. The van der Waals surface area contributed by atoms with Gasteiger partial charge in [-0.2, -0.15) is 0 Å². The summed E-state index contributed by atoms with van der Waals surface area (Å²) in [7, 11) is 0. The summed E-state index contributed by atoms with van der Waals surface area (Å²) in [4.78, 5) is 13.7. The Labute approximate surface area is 128 Å². The maximum Gasteiger partial charge on any atom is 0.193 e. The molecule has 0 saturated carbocycles. The van der Waals surface area contributed by atoms with Gasteiger partial charge in [-0.05, 0) is 48.2 Å². The van der Waals surface area contributed by atoms with Crippen molar-refractivity contribution in [2.24, 2.45) is 0 Å². The van der Waals surface area contributed by atoms with E-state index in [1.165, 1.54) is 4.90 Å². The van der Waals surface area contributed by atoms with Crippen LogP contribution < -0.4 is 9.47 Å². The molecule has 1 heterocycles. The van der Waals surface area contributed by atoms with Crippen LogP contribution in [0.4, 0.5) is 0 Å². The fourth-order valence-corrected chi connectivity index (χ4v) is 2.88. The van der Waals surface area contributed by atoms with E-state index in [0.29, 0.717) is 35.8 Å². The Bertz CT molecular complexity index is 650. The molecular formula is C17H16O3S. The highest BCUT2D eigenvalue weighted by atomic mass is 32.2. The molecule has 108 valence electrons. The van der Waals surface area contributed by atoms with Crippen LogP contribution in [0.5, 0.6) is 11.5 Å². The van der Waals surface area contributed by atoms with Gasteiger partial charge < -0.3 is 9.47 Å². The molecule has 0 aromatic heterocycles. The van der Waals surface area contributed by atoms with E-state index in [9.17, 15) is 4.79 Å². The minimum absolute atomic E-state index is 0.0000203. The highest BCUT2D eigenvalue weighted by Gasteiger charge is 2.16. The van der Waals surface area contributed by atoms with E-state index in [-0.39, 0.29) is 5.78 Å². The van der Waals surface area contributed by atoms with Crippen molar-refractivity contribution in [3.05, 3.63) is 53.6 Å². The molecule has 0 bridgehead atoms. The van der Waals surface area contributed by atoms with E-state index in [1.807, 2.05) is 24.3 Å². The number of rotatable bonds is 4. The van der Waals surface area contributed by atoms with Crippen molar-refractivity contribution in [3.8, 4) is 11.5 Å². The maximum absolute atomic E-state index is 12.5. The van der Waals surface area contributed by atoms with Crippen molar-refractivity contribution < 1.29 is 14.3 Å². The van der Waals surface area contributed by atoms with Crippen molar-refractivity contribution in [1.82, 2.24) is 0 Å². The Morgan fingerprint density at radius 3 is 2.38 bits per heavy atom. The zero-order valence-corrected chi connectivity index (χ0v) is 12.6. The Hall–Kier alpha value is -1.94. The van der Waals surface area contributed by atoms with Gasteiger partial charge in [-0.3, -0.25) is 4.79 Å². The molecule has 1 aliphatic rings. The monoisotopic (exact) mass is 300 g/mol. The number of hydrogen-bond acceptors (Lipinski definition) is 4. The molecule has 3 rings (SSSR count). The maximum atomic E-state index is 12.5.